The van der Waals surface area contributed by atoms with Crippen molar-refractivity contribution in [2.45, 2.75) is 64.7 Å². The van der Waals surface area contributed by atoms with Gasteiger partial charge in [-0.1, -0.05) is 58.3 Å². The number of rotatable bonds is 12. The molecule has 0 saturated heterocycles. The molecule has 0 bridgehead atoms. The van der Waals surface area contributed by atoms with Gasteiger partial charge in [0.25, 0.3) is 5.91 Å². The number of nitro groups is 1. The summed E-state index contributed by atoms with van der Waals surface area (Å²) in [6.45, 7) is 2.52. The van der Waals surface area contributed by atoms with Crippen molar-refractivity contribution in [1.82, 2.24) is 5.32 Å². The van der Waals surface area contributed by atoms with E-state index >= 15 is 0 Å². The van der Waals surface area contributed by atoms with Gasteiger partial charge in [0.05, 0.1) is 4.92 Å². The first-order valence-electron chi connectivity index (χ1n) is 9.10. The number of carbonyl (C=O) groups is 1. The van der Waals surface area contributed by atoms with Gasteiger partial charge in [0.15, 0.2) is 0 Å². The number of hydrogen-bond acceptors (Lipinski definition) is 6. The summed E-state index contributed by atoms with van der Waals surface area (Å²) in [5.41, 5.74) is -1.61. The molecule has 0 aliphatic heterocycles. The lowest BCUT2D eigenvalue weighted by Gasteiger charge is -2.09. The number of nitrogens with zero attached hydrogens (tertiary/aromatic N) is 1. The number of amides is 1. The van der Waals surface area contributed by atoms with Gasteiger partial charge >= 0.3 is 5.69 Å². The summed E-state index contributed by atoms with van der Waals surface area (Å²) in [4.78, 5) is 21.9. The number of nitro benzene ring substituents is 1. The van der Waals surface area contributed by atoms with Crippen molar-refractivity contribution in [1.29, 1.82) is 0 Å². The molecule has 0 unspecified atom stereocenters. The van der Waals surface area contributed by atoms with Gasteiger partial charge in [-0.25, -0.2) is 0 Å². The molecule has 0 radical (unpaired) electrons. The molecule has 1 aromatic rings. The van der Waals surface area contributed by atoms with Crippen LogP contribution in [0.4, 0.5) is 5.69 Å². The Kier molecular flexibility index (Phi) is 9.25. The van der Waals surface area contributed by atoms with E-state index in [1.54, 1.807) is 0 Å². The van der Waals surface area contributed by atoms with E-state index < -0.39 is 39.3 Å². The first kappa shape index (κ1) is 21.5. The molecule has 8 nitrogen and oxygen atoms in total. The third-order valence-electron chi connectivity index (χ3n) is 4.21. The van der Waals surface area contributed by atoms with E-state index in [2.05, 4.69) is 12.2 Å². The lowest BCUT2D eigenvalue weighted by Crippen LogP contribution is -2.24. The number of benzene rings is 1. The molecule has 1 rings (SSSR count). The minimum absolute atomic E-state index is 0.336. The summed E-state index contributed by atoms with van der Waals surface area (Å²) in [7, 11) is 0. The molecule has 0 heterocycles. The molecule has 0 aliphatic carbocycles. The molecule has 0 spiro atoms. The van der Waals surface area contributed by atoms with E-state index in [1.165, 1.54) is 32.1 Å². The van der Waals surface area contributed by atoms with Crippen molar-refractivity contribution in [3.63, 3.8) is 0 Å². The summed E-state index contributed by atoms with van der Waals surface area (Å²) in [6.07, 6.45) is 10.2. The molecular formula is C18H28N2O6. The van der Waals surface area contributed by atoms with Crippen LogP contribution in [0.5, 0.6) is 17.2 Å². The SMILES string of the molecule is CCCCCCCCCCCNC(=O)c1c(O)cc(O)c([N+](=O)[O-])c1O. The van der Waals surface area contributed by atoms with Crippen molar-refractivity contribution in [3.8, 4) is 17.2 Å². The van der Waals surface area contributed by atoms with Gasteiger partial charge in [-0.2, -0.15) is 0 Å². The number of phenols is 3. The predicted molar refractivity (Wildman–Crippen MR) is 97.7 cm³/mol. The molecule has 0 aliphatic rings. The molecule has 26 heavy (non-hydrogen) atoms. The van der Waals surface area contributed by atoms with E-state index in [4.69, 9.17) is 0 Å². The molecular weight excluding hydrogens is 340 g/mol. The maximum atomic E-state index is 12.1. The van der Waals surface area contributed by atoms with Gasteiger partial charge < -0.3 is 20.6 Å². The normalized spacial score (nSPS) is 10.7. The highest BCUT2D eigenvalue weighted by Crippen LogP contribution is 2.42. The van der Waals surface area contributed by atoms with Crippen molar-refractivity contribution >= 4 is 11.6 Å². The molecule has 0 aromatic heterocycles. The number of nitrogens with one attached hydrogen (secondary N) is 1. The highest BCUT2D eigenvalue weighted by Gasteiger charge is 2.29. The van der Waals surface area contributed by atoms with Crippen molar-refractivity contribution in [2.75, 3.05) is 6.54 Å². The van der Waals surface area contributed by atoms with E-state index in [0.29, 0.717) is 12.6 Å². The first-order valence-corrected chi connectivity index (χ1v) is 9.10. The van der Waals surface area contributed by atoms with Crippen LogP contribution in [-0.2, 0) is 0 Å². The summed E-state index contributed by atoms with van der Waals surface area (Å²) < 4.78 is 0. The number of aromatic hydroxyl groups is 3. The molecule has 0 atom stereocenters. The van der Waals surface area contributed by atoms with Crippen LogP contribution in [0.3, 0.4) is 0 Å². The van der Waals surface area contributed by atoms with Crippen molar-refractivity contribution in [3.05, 3.63) is 21.7 Å². The van der Waals surface area contributed by atoms with Crippen LogP contribution in [0.2, 0.25) is 0 Å². The number of carbonyl (C=O) groups excluding carboxylic acids is 1. The van der Waals surface area contributed by atoms with E-state index in [0.717, 1.165) is 25.7 Å². The minimum atomic E-state index is -1.04. The molecule has 146 valence electrons. The fourth-order valence-corrected chi connectivity index (χ4v) is 2.76. The topological polar surface area (TPSA) is 133 Å². The average Bonchev–Trinajstić information content (AvgIpc) is 2.55. The molecule has 1 amide bonds. The predicted octanol–water partition coefficient (Wildman–Crippen LogP) is 3.97. The second-order valence-electron chi connectivity index (χ2n) is 6.33. The zero-order valence-electron chi connectivity index (χ0n) is 15.2. The van der Waals surface area contributed by atoms with Crippen LogP contribution in [0.1, 0.15) is 75.1 Å². The van der Waals surface area contributed by atoms with Crippen molar-refractivity contribution < 1.29 is 25.0 Å². The Balaban J connectivity index is 2.40. The lowest BCUT2D eigenvalue weighted by molar-refractivity contribution is -0.386. The second kappa shape index (κ2) is 11.2. The third kappa shape index (κ3) is 6.42. The Labute approximate surface area is 153 Å². The fourth-order valence-electron chi connectivity index (χ4n) is 2.76. The summed E-state index contributed by atoms with van der Waals surface area (Å²) >= 11 is 0. The van der Waals surface area contributed by atoms with Crippen LogP contribution < -0.4 is 5.32 Å². The highest BCUT2D eigenvalue weighted by molar-refractivity contribution is 6.01. The maximum absolute atomic E-state index is 12.1. The van der Waals surface area contributed by atoms with Gasteiger partial charge in [0.2, 0.25) is 11.5 Å². The molecule has 0 saturated carbocycles. The van der Waals surface area contributed by atoms with Crippen LogP contribution in [0.15, 0.2) is 6.07 Å². The van der Waals surface area contributed by atoms with Crippen molar-refractivity contribution in [2.24, 2.45) is 0 Å². The Morgan fingerprint density at radius 1 is 1.00 bits per heavy atom. The number of hydrogen-bond donors (Lipinski definition) is 4. The Morgan fingerprint density at radius 2 is 1.54 bits per heavy atom. The molecule has 4 N–H and O–H groups in total. The van der Waals surface area contributed by atoms with E-state index in [9.17, 15) is 30.2 Å². The van der Waals surface area contributed by atoms with Crippen LogP contribution in [0.25, 0.3) is 0 Å². The zero-order valence-corrected chi connectivity index (χ0v) is 15.2. The van der Waals surface area contributed by atoms with Crippen LogP contribution in [-0.4, -0.2) is 32.7 Å². The fraction of sp³-hybridized carbons (Fsp3) is 0.611. The minimum Gasteiger partial charge on any atom is -0.507 e. The van der Waals surface area contributed by atoms with E-state index in [-0.39, 0.29) is 0 Å². The summed E-state index contributed by atoms with van der Waals surface area (Å²) in [5.74, 6) is -3.48. The highest BCUT2D eigenvalue weighted by atomic mass is 16.6. The van der Waals surface area contributed by atoms with Crippen LogP contribution in [0, 0.1) is 10.1 Å². The first-order chi connectivity index (χ1) is 12.4. The lowest BCUT2D eigenvalue weighted by atomic mass is 10.1. The average molecular weight is 368 g/mol. The maximum Gasteiger partial charge on any atom is 0.353 e. The Morgan fingerprint density at radius 3 is 2.08 bits per heavy atom. The summed E-state index contributed by atoms with van der Waals surface area (Å²) in [5, 5.41) is 42.3. The van der Waals surface area contributed by atoms with Crippen LogP contribution >= 0.6 is 0 Å². The van der Waals surface area contributed by atoms with Gasteiger partial charge in [-0.15, -0.1) is 0 Å². The van der Waals surface area contributed by atoms with E-state index in [1.807, 2.05) is 0 Å². The zero-order chi connectivity index (χ0) is 19.5. The second-order valence-corrected chi connectivity index (χ2v) is 6.33. The van der Waals surface area contributed by atoms with Gasteiger partial charge in [0.1, 0.15) is 11.3 Å². The summed E-state index contributed by atoms with van der Waals surface area (Å²) in [6, 6.07) is 0.672. The monoisotopic (exact) mass is 368 g/mol. The largest absolute Gasteiger partial charge is 0.507 e. The Bertz CT molecular complexity index is 618. The third-order valence-corrected chi connectivity index (χ3v) is 4.21. The van der Waals surface area contributed by atoms with Gasteiger partial charge in [-0.05, 0) is 6.42 Å². The molecule has 8 heteroatoms. The van der Waals surface area contributed by atoms with Gasteiger partial charge in [0, 0.05) is 12.6 Å². The quantitative estimate of drug-likeness (QED) is 0.251. The Hall–Kier alpha value is -2.51. The van der Waals surface area contributed by atoms with Gasteiger partial charge in [-0.3, -0.25) is 14.9 Å². The smallest absolute Gasteiger partial charge is 0.353 e. The number of phenolic OH excluding ortho intramolecular Hbond substituents is 3. The molecule has 0 fully saturated rings. The molecule has 1 aromatic carbocycles. The number of unbranched alkanes of at least 4 members (excludes halogenated alkanes) is 8. The standard InChI is InChI=1S/C18H28N2O6/c1-2-3-4-5-6-7-8-9-10-11-19-18(24)15-13(21)12-14(22)16(17(15)23)20(25)26/h12,21-23H,2-11H2,1H3,(H,19,24).